The molecule has 1 atom stereocenters. The summed E-state index contributed by atoms with van der Waals surface area (Å²) in [5.74, 6) is -0.851. The van der Waals surface area contributed by atoms with Gasteiger partial charge in [0.05, 0.1) is 6.85 Å². The van der Waals surface area contributed by atoms with E-state index in [2.05, 4.69) is 10.2 Å². The monoisotopic (exact) mass is 465 g/mol. The number of carbonyl (C=O) groups excluding carboxylic acids is 3. The minimum Gasteiger partial charge on any atom is -0.369 e. The average molecular weight is 466 g/mol. The number of piperazine rings is 1. The Balaban J connectivity index is 1.13. The molecule has 0 spiro atoms. The van der Waals surface area contributed by atoms with Crippen molar-refractivity contribution in [2.75, 3.05) is 37.6 Å². The van der Waals surface area contributed by atoms with Crippen LogP contribution >= 0.6 is 0 Å². The van der Waals surface area contributed by atoms with E-state index in [1.54, 1.807) is 4.90 Å². The number of fused-ring (bicyclic) bond motifs is 1. The number of piperidine rings is 1. The van der Waals surface area contributed by atoms with Crippen molar-refractivity contribution in [3.63, 3.8) is 0 Å². The number of hydrogen-bond acceptors (Lipinski definition) is 5. The van der Waals surface area contributed by atoms with Crippen molar-refractivity contribution >= 4 is 23.4 Å². The second-order valence-electron chi connectivity index (χ2n) is 9.10. The first kappa shape index (κ1) is 17.3. The number of para-hydroxylation sites is 1. The van der Waals surface area contributed by atoms with Crippen LogP contribution in [0.15, 0.2) is 48.4 Å². The lowest BCUT2D eigenvalue weighted by Crippen LogP contribution is -2.52. The summed E-state index contributed by atoms with van der Waals surface area (Å²) in [6, 6.07) is 3.84. The summed E-state index contributed by atoms with van der Waals surface area (Å²) in [6.07, 6.45) is 3.31. The summed E-state index contributed by atoms with van der Waals surface area (Å²) in [7, 11) is 0. The average Bonchev–Trinajstić information content (AvgIpc) is 3.26. The fourth-order valence-electron chi connectivity index (χ4n) is 5.13. The van der Waals surface area contributed by atoms with Gasteiger partial charge in [0, 0.05) is 50.4 Å². The van der Waals surface area contributed by atoms with E-state index in [1.165, 1.54) is 0 Å². The predicted octanol–water partition coefficient (Wildman–Crippen LogP) is 2.59. The Hall–Kier alpha value is -3.19. The summed E-state index contributed by atoms with van der Waals surface area (Å²) < 4.78 is 40.0. The standard InChI is InChI=1S/C27H32N4O3/c32-25-13-12-24(26(33)28-25)31-19-23-20(8-6-11-22(23)27(31)34)7-4-5-14-29-15-17-30(18-16-29)21-9-2-1-3-10-21/h1-3,6,8-11,24H,4-5,7,12-19H2,(H,28,32,33)/i1D,2D,3D,9D,10D. The molecule has 34 heavy (non-hydrogen) atoms. The lowest BCUT2D eigenvalue weighted by molar-refractivity contribution is -0.136. The second kappa shape index (κ2) is 9.97. The Kier molecular flexibility index (Phi) is 5.07. The van der Waals surface area contributed by atoms with Gasteiger partial charge in [0.1, 0.15) is 6.04 Å². The van der Waals surface area contributed by atoms with Gasteiger partial charge in [-0.3, -0.25) is 24.6 Å². The first-order valence-corrected chi connectivity index (χ1v) is 12.0. The van der Waals surface area contributed by atoms with E-state index in [4.69, 9.17) is 6.85 Å². The number of nitrogens with zero attached hydrogens (tertiary/aromatic N) is 3. The molecule has 0 radical (unpaired) electrons. The number of nitrogens with one attached hydrogen (secondary N) is 1. The zero-order chi connectivity index (χ0) is 27.8. The maximum Gasteiger partial charge on any atom is 0.255 e. The minimum absolute atomic E-state index is 0.153. The van der Waals surface area contributed by atoms with Crippen LogP contribution in [0, 0.1) is 0 Å². The number of hydrogen-bond donors (Lipinski definition) is 1. The summed E-state index contributed by atoms with van der Waals surface area (Å²) in [4.78, 5) is 42.7. The van der Waals surface area contributed by atoms with Crippen LogP contribution in [0.5, 0.6) is 0 Å². The molecule has 2 fully saturated rings. The minimum atomic E-state index is -0.614. The highest BCUT2D eigenvalue weighted by atomic mass is 16.2. The molecule has 3 aliphatic rings. The summed E-state index contributed by atoms with van der Waals surface area (Å²) in [5, 5.41) is 2.34. The Labute approximate surface area is 207 Å². The normalized spacial score (nSPS) is 23.1. The van der Waals surface area contributed by atoms with Crippen molar-refractivity contribution in [1.29, 1.82) is 0 Å². The van der Waals surface area contributed by atoms with Gasteiger partial charge in [-0.25, -0.2) is 0 Å². The maximum absolute atomic E-state index is 13.0. The number of carbonyl (C=O) groups is 3. The molecule has 2 saturated heterocycles. The predicted molar refractivity (Wildman–Crippen MR) is 131 cm³/mol. The van der Waals surface area contributed by atoms with E-state index in [9.17, 15) is 14.4 Å². The molecule has 2 aromatic rings. The van der Waals surface area contributed by atoms with Crippen LogP contribution in [-0.2, 0) is 22.6 Å². The summed E-state index contributed by atoms with van der Waals surface area (Å²) in [5.41, 5.74) is 3.00. The van der Waals surface area contributed by atoms with Gasteiger partial charge in [-0.15, -0.1) is 0 Å². The topological polar surface area (TPSA) is 73.0 Å². The van der Waals surface area contributed by atoms with Gasteiger partial charge in [0.15, 0.2) is 0 Å². The molecule has 2 aromatic carbocycles. The third-order valence-electron chi connectivity index (χ3n) is 7.02. The van der Waals surface area contributed by atoms with E-state index in [0.29, 0.717) is 31.6 Å². The SMILES string of the molecule is [2H]c1c([2H])c([2H])c(N2CCN(CCCCc3cccc4c3CN(C3CCC(=O)NC3=O)C4=O)CC2)c([2H])c1[2H]. The number of amides is 3. The van der Waals surface area contributed by atoms with E-state index in [1.807, 2.05) is 23.1 Å². The fourth-order valence-corrected chi connectivity index (χ4v) is 5.13. The maximum atomic E-state index is 13.0. The molecule has 0 bridgehead atoms. The molecule has 3 heterocycles. The fraction of sp³-hybridized carbons (Fsp3) is 0.444. The van der Waals surface area contributed by atoms with Crippen LogP contribution in [0.25, 0.3) is 0 Å². The van der Waals surface area contributed by atoms with Crippen LogP contribution in [0.1, 0.15) is 54.0 Å². The molecule has 0 saturated carbocycles. The largest absolute Gasteiger partial charge is 0.369 e. The molecule has 0 aliphatic carbocycles. The van der Waals surface area contributed by atoms with Crippen LogP contribution < -0.4 is 10.2 Å². The smallest absolute Gasteiger partial charge is 0.255 e. The molecule has 3 amide bonds. The van der Waals surface area contributed by atoms with Crippen LogP contribution in [0.2, 0.25) is 0 Å². The summed E-state index contributed by atoms with van der Waals surface area (Å²) in [6.45, 7) is 3.97. The van der Waals surface area contributed by atoms with Crippen LogP contribution in [0.4, 0.5) is 5.69 Å². The number of rotatable bonds is 7. The highest BCUT2D eigenvalue weighted by Gasteiger charge is 2.39. The molecule has 7 heteroatoms. The molecule has 178 valence electrons. The number of imide groups is 1. The van der Waals surface area contributed by atoms with Gasteiger partial charge in [-0.2, -0.15) is 0 Å². The first-order valence-electron chi connectivity index (χ1n) is 14.5. The van der Waals surface area contributed by atoms with Crippen molar-refractivity contribution < 1.29 is 21.2 Å². The number of benzene rings is 2. The van der Waals surface area contributed by atoms with E-state index in [-0.39, 0.29) is 54.1 Å². The van der Waals surface area contributed by atoms with Gasteiger partial charge < -0.3 is 9.80 Å². The van der Waals surface area contributed by atoms with Crippen molar-refractivity contribution in [3.05, 3.63) is 65.1 Å². The Morgan fingerprint density at radius 3 is 2.56 bits per heavy atom. The second-order valence-corrected chi connectivity index (χ2v) is 9.10. The Morgan fingerprint density at radius 2 is 1.79 bits per heavy atom. The zero-order valence-electron chi connectivity index (χ0n) is 24.2. The molecular weight excluding hydrogens is 428 g/mol. The first-order chi connectivity index (χ1) is 18.7. The van der Waals surface area contributed by atoms with Crippen molar-refractivity contribution in [2.45, 2.75) is 44.7 Å². The van der Waals surface area contributed by atoms with E-state index >= 15 is 0 Å². The highest BCUT2D eigenvalue weighted by molar-refractivity contribution is 6.05. The number of aryl methyl sites for hydroxylation is 1. The number of unbranched alkanes of at least 4 members (excludes halogenated alkanes) is 1. The number of anilines is 1. The molecule has 1 unspecified atom stereocenters. The van der Waals surface area contributed by atoms with Crippen LogP contribution in [-0.4, -0.2) is 66.3 Å². The van der Waals surface area contributed by atoms with Gasteiger partial charge in [-0.1, -0.05) is 30.3 Å². The molecular formula is C27H32N4O3. The van der Waals surface area contributed by atoms with Crippen molar-refractivity contribution in [2.24, 2.45) is 0 Å². The highest BCUT2D eigenvalue weighted by Crippen LogP contribution is 2.30. The van der Waals surface area contributed by atoms with Crippen molar-refractivity contribution in [1.82, 2.24) is 15.1 Å². The molecule has 0 aromatic heterocycles. The lowest BCUT2D eigenvalue weighted by Gasteiger charge is -2.36. The molecule has 3 aliphatic heterocycles. The third kappa shape index (κ3) is 4.71. The third-order valence-corrected chi connectivity index (χ3v) is 7.02. The van der Waals surface area contributed by atoms with Crippen molar-refractivity contribution in [3.8, 4) is 0 Å². The Morgan fingerprint density at radius 1 is 1.00 bits per heavy atom. The zero-order valence-corrected chi connectivity index (χ0v) is 19.2. The quantitative estimate of drug-likeness (QED) is 0.503. The lowest BCUT2D eigenvalue weighted by atomic mass is 9.98. The molecule has 5 rings (SSSR count). The Bertz CT molecular complexity index is 1300. The van der Waals surface area contributed by atoms with E-state index in [0.717, 1.165) is 50.0 Å². The van der Waals surface area contributed by atoms with Crippen LogP contribution in [0.3, 0.4) is 0 Å². The van der Waals surface area contributed by atoms with Gasteiger partial charge in [-0.05, 0) is 61.5 Å². The van der Waals surface area contributed by atoms with Gasteiger partial charge >= 0.3 is 0 Å². The summed E-state index contributed by atoms with van der Waals surface area (Å²) >= 11 is 0. The molecule has 1 N–H and O–H groups in total. The van der Waals surface area contributed by atoms with Gasteiger partial charge in [0.25, 0.3) is 5.91 Å². The molecule has 7 nitrogen and oxygen atoms in total. The van der Waals surface area contributed by atoms with E-state index < -0.39 is 11.9 Å². The van der Waals surface area contributed by atoms with Gasteiger partial charge in [0.2, 0.25) is 11.8 Å².